The molecule has 0 fully saturated rings. The summed E-state index contributed by atoms with van der Waals surface area (Å²) in [6.07, 6.45) is 2.47. The summed E-state index contributed by atoms with van der Waals surface area (Å²) in [6.45, 7) is 4.66. The molecule has 0 aliphatic rings. The van der Waals surface area contributed by atoms with Gasteiger partial charge in [-0.25, -0.2) is 14.8 Å². The number of alkyl halides is 1. The molecule has 0 radical (unpaired) electrons. The number of rotatable bonds is 7. The molecule has 3 aromatic rings. The minimum absolute atomic E-state index is 0.181. The normalized spacial score (nSPS) is 12.6. The molecule has 2 aromatic carbocycles. The van der Waals surface area contributed by atoms with Crippen molar-refractivity contribution in [1.29, 1.82) is 0 Å². The molecule has 2 N–H and O–H groups in total. The number of ether oxygens (including phenoxy) is 1. The molecule has 0 bridgehead atoms. The lowest BCUT2D eigenvalue weighted by Crippen LogP contribution is -2.22. The fraction of sp³-hybridized carbons (Fsp3) is 0.0952. The summed E-state index contributed by atoms with van der Waals surface area (Å²) in [5.74, 6) is -2.05. The van der Waals surface area contributed by atoms with Crippen LogP contribution in [0, 0.1) is 0 Å². The van der Waals surface area contributed by atoms with E-state index in [9.17, 15) is 9.18 Å². The van der Waals surface area contributed by atoms with Crippen LogP contribution in [0.15, 0.2) is 73.6 Å². The van der Waals surface area contributed by atoms with Gasteiger partial charge < -0.3 is 15.2 Å². The number of carbonyl (C=O) groups is 1. The summed E-state index contributed by atoms with van der Waals surface area (Å²) < 4.78 is 19.0. The zero-order valence-corrected chi connectivity index (χ0v) is 15.1. The van der Waals surface area contributed by atoms with Crippen LogP contribution in [0.25, 0.3) is 11.3 Å². The molecule has 0 amide bonds. The second-order valence-electron chi connectivity index (χ2n) is 6.12. The summed E-state index contributed by atoms with van der Waals surface area (Å²) >= 11 is 0. The highest BCUT2D eigenvalue weighted by molar-refractivity contribution is 5.89. The largest absolute Gasteiger partial charge is 0.478 e. The molecule has 28 heavy (non-hydrogen) atoms. The van der Waals surface area contributed by atoms with E-state index in [1.807, 2.05) is 0 Å². The van der Waals surface area contributed by atoms with Gasteiger partial charge in [-0.3, -0.25) is 0 Å². The van der Waals surface area contributed by atoms with E-state index in [0.717, 1.165) is 11.8 Å². The summed E-state index contributed by atoms with van der Waals surface area (Å²) in [6, 6.07) is 14.9. The molecule has 0 aliphatic carbocycles. The first kappa shape index (κ1) is 19.0. The van der Waals surface area contributed by atoms with Gasteiger partial charge in [0, 0.05) is 24.2 Å². The second-order valence-corrected chi connectivity index (χ2v) is 6.12. The van der Waals surface area contributed by atoms with Crippen LogP contribution in [-0.4, -0.2) is 26.9 Å². The second kappa shape index (κ2) is 7.87. The number of carboxylic acid groups (broad SMARTS) is 1. The van der Waals surface area contributed by atoms with Gasteiger partial charge in [0.15, 0.2) is 0 Å². The van der Waals surface area contributed by atoms with Crippen molar-refractivity contribution in [3.63, 3.8) is 0 Å². The van der Waals surface area contributed by atoms with Crippen molar-refractivity contribution in [2.75, 3.05) is 5.32 Å². The first-order valence-electron chi connectivity index (χ1n) is 8.41. The van der Waals surface area contributed by atoms with Gasteiger partial charge in [-0.1, -0.05) is 18.7 Å². The predicted octanol–water partition coefficient (Wildman–Crippen LogP) is 4.84. The number of hydrogen-bond donors (Lipinski definition) is 2. The first-order chi connectivity index (χ1) is 13.4. The van der Waals surface area contributed by atoms with Crippen molar-refractivity contribution in [1.82, 2.24) is 9.97 Å². The van der Waals surface area contributed by atoms with Gasteiger partial charge in [0.05, 0.1) is 11.3 Å². The van der Waals surface area contributed by atoms with E-state index in [1.54, 1.807) is 48.5 Å². The average Bonchev–Trinajstić information content (AvgIpc) is 2.69. The van der Waals surface area contributed by atoms with Crippen LogP contribution in [-0.2, 0) is 0 Å². The SMILES string of the molecule is C=CC(C)(F)Oc1ccc(Nc2cc(-c3cccc(C(=O)O)c3)ncn2)cc1. The minimum Gasteiger partial charge on any atom is -0.478 e. The first-order valence-corrected chi connectivity index (χ1v) is 8.41. The molecule has 142 valence electrons. The summed E-state index contributed by atoms with van der Waals surface area (Å²) in [7, 11) is 0. The molecule has 0 saturated heterocycles. The Labute approximate surface area is 161 Å². The van der Waals surface area contributed by atoms with Crippen LogP contribution in [0.4, 0.5) is 15.9 Å². The van der Waals surface area contributed by atoms with Gasteiger partial charge >= 0.3 is 5.97 Å². The van der Waals surface area contributed by atoms with Crippen molar-refractivity contribution >= 4 is 17.5 Å². The highest BCUT2D eigenvalue weighted by Crippen LogP contribution is 2.25. The van der Waals surface area contributed by atoms with Crippen LogP contribution in [0.5, 0.6) is 5.75 Å². The van der Waals surface area contributed by atoms with Gasteiger partial charge in [-0.2, -0.15) is 4.39 Å². The van der Waals surface area contributed by atoms with E-state index in [0.29, 0.717) is 22.8 Å². The number of aromatic carboxylic acids is 1. The zero-order chi connectivity index (χ0) is 20.1. The maximum Gasteiger partial charge on any atom is 0.335 e. The molecule has 1 unspecified atom stereocenters. The van der Waals surface area contributed by atoms with Crippen LogP contribution in [0.2, 0.25) is 0 Å². The standard InChI is InChI=1S/C21H18FN3O3/c1-3-21(2,22)28-17-9-7-16(8-10-17)25-19-12-18(23-13-24-19)14-5-4-6-15(11-14)20(26)27/h3-13H,1H2,2H3,(H,26,27)(H,23,24,25). The number of nitrogens with zero attached hydrogens (tertiary/aromatic N) is 2. The molecule has 0 aliphatic heterocycles. The van der Waals surface area contributed by atoms with Gasteiger partial charge in [0.1, 0.15) is 17.9 Å². The van der Waals surface area contributed by atoms with Crippen molar-refractivity contribution in [2.24, 2.45) is 0 Å². The van der Waals surface area contributed by atoms with E-state index in [-0.39, 0.29) is 5.56 Å². The smallest absolute Gasteiger partial charge is 0.335 e. The van der Waals surface area contributed by atoms with Crippen LogP contribution in [0.3, 0.4) is 0 Å². The molecule has 6 nitrogen and oxygen atoms in total. The minimum atomic E-state index is -1.94. The van der Waals surface area contributed by atoms with Crippen LogP contribution in [0.1, 0.15) is 17.3 Å². The van der Waals surface area contributed by atoms with E-state index in [4.69, 9.17) is 9.84 Å². The fourth-order valence-corrected chi connectivity index (χ4v) is 2.42. The zero-order valence-electron chi connectivity index (χ0n) is 15.1. The molecule has 0 saturated carbocycles. The Balaban J connectivity index is 1.77. The number of carboxylic acids is 1. The molecule has 1 atom stereocenters. The number of anilines is 2. The molecular formula is C21H18FN3O3. The van der Waals surface area contributed by atoms with E-state index >= 15 is 0 Å². The summed E-state index contributed by atoms with van der Waals surface area (Å²) in [5, 5.41) is 12.2. The number of hydrogen-bond acceptors (Lipinski definition) is 5. The highest BCUT2D eigenvalue weighted by Gasteiger charge is 2.19. The Bertz CT molecular complexity index is 1000. The summed E-state index contributed by atoms with van der Waals surface area (Å²) in [4.78, 5) is 19.5. The highest BCUT2D eigenvalue weighted by atomic mass is 19.2. The molecule has 1 aromatic heterocycles. The van der Waals surface area contributed by atoms with Crippen LogP contribution >= 0.6 is 0 Å². The molecular weight excluding hydrogens is 361 g/mol. The van der Waals surface area contributed by atoms with Gasteiger partial charge in [0.25, 0.3) is 5.85 Å². The number of benzene rings is 2. The Hall–Kier alpha value is -3.74. The van der Waals surface area contributed by atoms with Crippen molar-refractivity contribution in [2.45, 2.75) is 12.8 Å². The maximum atomic E-state index is 13.8. The Morgan fingerprint density at radius 1 is 1.21 bits per heavy atom. The third-order valence-corrected chi connectivity index (χ3v) is 3.88. The van der Waals surface area contributed by atoms with E-state index < -0.39 is 11.8 Å². The van der Waals surface area contributed by atoms with E-state index in [1.165, 1.54) is 19.3 Å². The number of halogens is 1. The quantitative estimate of drug-likeness (QED) is 0.572. The van der Waals surface area contributed by atoms with Crippen molar-refractivity contribution < 1.29 is 19.0 Å². The van der Waals surface area contributed by atoms with Gasteiger partial charge in [-0.05, 0) is 42.5 Å². The number of aromatic nitrogens is 2. The van der Waals surface area contributed by atoms with Gasteiger partial charge in [-0.15, -0.1) is 0 Å². The number of nitrogens with one attached hydrogen (secondary N) is 1. The third-order valence-electron chi connectivity index (χ3n) is 3.88. The Morgan fingerprint density at radius 2 is 1.96 bits per heavy atom. The van der Waals surface area contributed by atoms with Crippen LogP contribution < -0.4 is 10.1 Å². The lowest BCUT2D eigenvalue weighted by Gasteiger charge is -2.18. The van der Waals surface area contributed by atoms with E-state index in [2.05, 4.69) is 21.9 Å². The maximum absolute atomic E-state index is 13.8. The van der Waals surface area contributed by atoms with Crippen molar-refractivity contribution in [3.05, 3.63) is 79.1 Å². The molecule has 3 rings (SSSR count). The monoisotopic (exact) mass is 379 g/mol. The molecule has 0 spiro atoms. The summed E-state index contributed by atoms with van der Waals surface area (Å²) in [5.41, 5.74) is 2.15. The van der Waals surface area contributed by atoms with Crippen molar-refractivity contribution in [3.8, 4) is 17.0 Å². The Morgan fingerprint density at radius 3 is 2.64 bits per heavy atom. The predicted molar refractivity (Wildman–Crippen MR) is 104 cm³/mol. The molecule has 7 heteroatoms. The fourth-order valence-electron chi connectivity index (χ4n) is 2.42. The Kier molecular flexibility index (Phi) is 5.35. The topological polar surface area (TPSA) is 84.3 Å². The lowest BCUT2D eigenvalue weighted by atomic mass is 10.1. The lowest BCUT2D eigenvalue weighted by molar-refractivity contribution is 0.00402. The average molecular weight is 379 g/mol. The molecule has 1 heterocycles. The third kappa shape index (κ3) is 4.70. The van der Waals surface area contributed by atoms with Gasteiger partial charge in [0.2, 0.25) is 0 Å².